The van der Waals surface area contributed by atoms with Crippen LogP contribution in [-0.2, 0) is 18.2 Å². The van der Waals surface area contributed by atoms with Crippen molar-refractivity contribution >= 4 is 0 Å². The van der Waals surface area contributed by atoms with Gasteiger partial charge in [-0.15, -0.1) is 10.2 Å². The number of nitrogens with two attached hydrogens (primary N) is 1. The standard InChI is InChI=1S/C8H18N6O/c1-14-12-8(11-13-14)6-7(10-9)4-3-5-15-2/h7,10H,3-6,9H2,1-2H3. The summed E-state index contributed by atoms with van der Waals surface area (Å²) in [6.07, 6.45) is 2.59. The third-order valence-corrected chi connectivity index (χ3v) is 2.12. The Morgan fingerprint density at radius 1 is 1.60 bits per heavy atom. The van der Waals surface area contributed by atoms with Gasteiger partial charge in [0.2, 0.25) is 0 Å². The van der Waals surface area contributed by atoms with Crippen LogP contribution < -0.4 is 11.3 Å². The topological polar surface area (TPSA) is 90.9 Å². The van der Waals surface area contributed by atoms with Crippen molar-refractivity contribution in [2.75, 3.05) is 13.7 Å². The molecule has 0 fully saturated rings. The molecule has 1 unspecified atom stereocenters. The number of ether oxygens (including phenoxy) is 1. The number of hydrogen-bond acceptors (Lipinski definition) is 6. The highest BCUT2D eigenvalue weighted by Crippen LogP contribution is 2.02. The lowest BCUT2D eigenvalue weighted by Crippen LogP contribution is -2.37. The van der Waals surface area contributed by atoms with Gasteiger partial charge in [0.25, 0.3) is 0 Å². The molecule has 0 aliphatic carbocycles. The molecule has 0 radical (unpaired) electrons. The molecule has 1 atom stereocenters. The molecule has 86 valence electrons. The van der Waals surface area contributed by atoms with Crippen LogP contribution in [0.1, 0.15) is 18.7 Å². The molecule has 1 rings (SSSR count). The summed E-state index contributed by atoms with van der Waals surface area (Å²) < 4.78 is 4.97. The first-order chi connectivity index (χ1) is 7.26. The molecule has 7 nitrogen and oxygen atoms in total. The van der Waals surface area contributed by atoms with Crippen LogP contribution in [0, 0.1) is 0 Å². The quantitative estimate of drug-likeness (QED) is 0.344. The molecule has 0 aliphatic rings. The Balaban J connectivity index is 2.33. The van der Waals surface area contributed by atoms with Crippen molar-refractivity contribution in [2.24, 2.45) is 12.9 Å². The highest BCUT2D eigenvalue weighted by atomic mass is 16.5. The minimum absolute atomic E-state index is 0.171. The van der Waals surface area contributed by atoms with E-state index in [0.717, 1.165) is 19.4 Å². The monoisotopic (exact) mass is 214 g/mol. The first-order valence-electron chi connectivity index (χ1n) is 4.94. The molecule has 0 bridgehead atoms. The van der Waals surface area contributed by atoms with E-state index >= 15 is 0 Å². The molecule has 1 heterocycles. The number of nitrogens with one attached hydrogen (secondary N) is 1. The van der Waals surface area contributed by atoms with Gasteiger partial charge in [-0.25, -0.2) is 0 Å². The van der Waals surface area contributed by atoms with Gasteiger partial charge in [0.05, 0.1) is 7.05 Å². The van der Waals surface area contributed by atoms with Crippen LogP contribution in [0.2, 0.25) is 0 Å². The summed E-state index contributed by atoms with van der Waals surface area (Å²) in [6, 6.07) is 0.171. The molecule has 15 heavy (non-hydrogen) atoms. The molecule has 0 spiro atoms. The zero-order chi connectivity index (χ0) is 11.1. The molecule has 0 aromatic carbocycles. The Hall–Kier alpha value is -1.05. The summed E-state index contributed by atoms with van der Waals surface area (Å²) in [5.41, 5.74) is 2.75. The Kier molecular flexibility index (Phi) is 5.16. The van der Waals surface area contributed by atoms with E-state index in [4.69, 9.17) is 10.6 Å². The SMILES string of the molecule is COCCCC(Cc1nnn(C)n1)NN. The zero-order valence-corrected chi connectivity index (χ0v) is 9.18. The van der Waals surface area contributed by atoms with Crippen molar-refractivity contribution in [3.8, 4) is 0 Å². The maximum absolute atomic E-state index is 5.44. The van der Waals surface area contributed by atoms with Crippen LogP contribution in [0.5, 0.6) is 0 Å². The number of hydrogen-bond donors (Lipinski definition) is 2. The Bertz CT molecular complexity index is 276. The minimum atomic E-state index is 0.171. The van der Waals surface area contributed by atoms with Crippen LogP contribution in [0.15, 0.2) is 0 Å². The second-order valence-electron chi connectivity index (χ2n) is 3.40. The maximum Gasteiger partial charge on any atom is 0.176 e. The van der Waals surface area contributed by atoms with Crippen molar-refractivity contribution < 1.29 is 4.74 Å². The normalized spacial score (nSPS) is 13.0. The van der Waals surface area contributed by atoms with E-state index in [1.165, 1.54) is 4.80 Å². The smallest absolute Gasteiger partial charge is 0.176 e. The first-order valence-corrected chi connectivity index (χ1v) is 4.94. The molecule has 1 aromatic heterocycles. The van der Waals surface area contributed by atoms with Crippen LogP contribution in [-0.4, -0.2) is 40.0 Å². The highest BCUT2D eigenvalue weighted by molar-refractivity contribution is 4.83. The fourth-order valence-corrected chi connectivity index (χ4v) is 1.34. The average molecular weight is 214 g/mol. The highest BCUT2D eigenvalue weighted by Gasteiger charge is 2.10. The van der Waals surface area contributed by atoms with Crippen molar-refractivity contribution in [1.29, 1.82) is 0 Å². The Morgan fingerprint density at radius 3 is 2.93 bits per heavy atom. The number of aryl methyl sites for hydroxylation is 1. The van der Waals surface area contributed by atoms with E-state index in [1.807, 2.05) is 0 Å². The summed E-state index contributed by atoms with van der Waals surface area (Å²) in [7, 11) is 3.43. The van der Waals surface area contributed by atoms with Gasteiger partial charge in [-0.3, -0.25) is 11.3 Å². The van der Waals surface area contributed by atoms with E-state index < -0.39 is 0 Å². The summed E-state index contributed by atoms with van der Waals surface area (Å²) in [4.78, 5) is 1.44. The van der Waals surface area contributed by atoms with Crippen molar-refractivity contribution in [3.63, 3.8) is 0 Å². The van der Waals surface area contributed by atoms with Crippen molar-refractivity contribution in [1.82, 2.24) is 25.6 Å². The number of nitrogens with zero attached hydrogens (tertiary/aromatic N) is 4. The second kappa shape index (κ2) is 6.44. The fourth-order valence-electron chi connectivity index (χ4n) is 1.34. The number of aromatic nitrogens is 4. The fraction of sp³-hybridized carbons (Fsp3) is 0.875. The van der Waals surface area contributed by atoms with Gasteiger partial charge in [0.15, 0.2) is 5.82 Å². The number of rotatable bonds is 7. The Labute approximate surface area is 88.9 Å². The summed E-state index contributed by atoms with van der Waals surface area (Å²) in [6.45, 7) is 0.742. The largest absolute Gasteiger partial charge is 0.385 e. The third-order valence-electron chi connectivity index (χ3n) is 2.12. The molecular weight excluding hydrogens is 196 g/mol. The lowest BCUT2D eigenvalue weighted by atomic mass is 10.1. The first kappa shape index (κ1) is 12.0. The van der Waals surface area contributed by atoms with E-state index in [1.54, 1.807) is 14.2 Å². The Morgan fingerprint density at radius 2 is 2.40 bits per heavy atom. The molecule has 0 amide bonds. The predicted octanol–water partition coefficient (Wildman–Crippen LogP) is -0.989. The minimum Gasteiger partial charge on any atom is -0.385 e. The van der Waals surface area contributed by atoms with Gasteiger partial charge in [0.1, 0.15) is 0 Å². The van der Waals surface area contributed by atoms with Gasteiger partial charge in [0, 0.05) is 26.2 Å². The molecule has 0 saturated heterocycles. The van der Waals surface area contributed by atoms with E-state index in [9.17, 15) is 0 Å². The van der Waals surface area contributed by atoms with E-state index in [0.29, 0.717) is 12.2 Å². The molecule has 7 heteroatoms. The third kappa shape index (κ3) is 4.32. The number of tetrazole rings is 1. The summed E-state index contributed by atoms with van der Waals surface area (Å²) in [5, 5.41) is 11.8. The van der Waals surface area contributed by atoms with Crippen molar-refractivity contribution in [2.45, 2.75) is 25.3 Å². The van der Waals surface area contributed by atoms with Crippen LogP contribution in [0.4, 0.5) is 0 Å². The van der Waals surface area contributed by atoms with Gasteiger partial charge < -0.3 is 4.74 Å². The molecular formula is C8H18N6O. The van der Waals surface area contributed by atoms with E-state index in [-0.39, 0.29) is 6.04 Å². The lowest BCUT2D eigenvalue weighted by Gasteiger charge is -2.12. The van der Waals surface area contributed by atoms with Gasteiger partial charge in [-0.05, 0) is 18.1 Å². The average Bonchev–Trinajstić information content (AvgIpc) is 2.63. The van der Waals surface area contributed by atoms with Crippen LogP contribution >= 0.6 is 0 Å². The lowest BCUT2D eigenvalue weighted by molar-refractivity contribution is 0.188. The second-order valence-corrected chi connectivity index (χ2v) is 3.40. The zero-order valence-electron chi connectivity index (χ0n) is 9.18. The van der Waals surface area contributed by atoms with Crippen molar-refractivity contribution in [3.05, 3.63) is 5.82 Å². The predicted molar refractivity (Wildman–Crippen MR) is 54.7 cm³/mol. The van der Waals surface area contributed by atoms with Crippen LogP contribution in [0.3, 0.4) is 0 Å². The summed E-state index contributed by atoms with van der Waals surface area (Å²) in [5.74, 6) is 6.14. The van der Waals surface area contributed by atoms with E-state index in [2.05, 4.69) is 20.8 Å². The molecule has 3 N–H and O–H groups in total. The van der Waals surface area contributed by atoms with Gasteiger partial charge >= 0.3 is 0 Å². The molecule has 0 saturated carbocycles. The van der Waals surface area contributed by atoms with Gasteiger partial charge in [-0.1, -0.05) is 0 Å². The number of methoxy groups -OCH3 is 1. The molecule has 1 aromatic rings. The van der Waals surface area contributed by atoms with Gasteiger partial charge in [-0.2, -0.15) is 4.80 Å². The number of hydrazine groups is 1. The maximum atomic E-state index is 5.44. The molecule has 0 aliphatic heterocycles. The van der Waals surface area contributed by atoms with Crippen LogP contribution in [0.25, 0.3) is 0 Å². The summed E-state index contributed by atoms with van der Waals surface area (Å²) >= 11 is 0.